The molecule has 0 saturated carbocycles. The molecule has 2 aromatic rings. The van der Waals surface area contributed by atoms with Crippen molar-refractivity contribution in [1.29, 1.82) is 0 Å². The van der Waals surface area contributed by atoms with Crippen LogP contribution in [-0.4, -0.2) is 45.2 Å². The summed E-state index contributed by atoms with van der Waals surface area (Å²) in [5.74, 6) is 1.07. The highest BCUT2D eigenvalue weighted by Gasteiger charge is 2.09. The van der Waals surface area contributed by atoms with Gasteiger partial charge in [0.25, 0.3) is 0 Å². The topological polar surface area (TPSA) is 104 Å². The van der Waals surface area contributed by atoms with E-state index in [1.807, 2.05) is 0 Å². The van der Waals surface area contributed by atoms with Gasteiger partial charge < -0.3 is 15.8 Å². The van der Waals surface area contributed by atoms with Crippen molar-refractivity contribution in [1.82, 2.24) is 25.0 Å². The van der Waals surface area contributed by atoms with Gasteiger partial charge in [-0.15, -0.1) is 15.3 Å². The molecule has 0 aromatic carbocycles. The van der Waals surface area contributed by atoms with E-state index in [1.54, 1.807) is 19.2 Å². The van der Waals surface area contributed by atoms with Gasteiger partial charge in [-0.3, -0.25) is 0 Å². The molecule has 0 atom stereocenters. The highest BCUT2D eigenvalue weighted by atomic mass is 35.5. The molecule has 18 heavy (non-hydrogen) atoms. The number of anilines is 2. The van der Waals surface area contributed by atoms with Crippen LogP contribution in [0.5, 0.6) is 0 Å². The molecule has 9 heteroatoms. The largest absolute Gasteiger partial charge is 0.383 e. The lowest BCUT2D eigenvalue weighted by Gasteiger charge is -2.00. The fraction of sp³-hybridized carbons (Fsp3) is 0.333. The summed E-state index contributed by atoms with van der Waals surface area (Å²) >= 11 is 5.65. The van der Waals surface area contributed by atoms with Crippen molar-refractivity contribution < 1.29 is 4.74 Å². The number of hydrogen-bond acceptors (Lipinski definition) is 7. The lowest BCUT2D eigenvalue weighted by atomic mass is 10.5. The number of ether oxygens (including phenoxy) is 1. The summed E-state index contributed by atoms with van der Waals surface area (Å²) < 4.78 is 6.28. The molecule has 2 aromatic heterocycles. The smallest absolute Gasteiger partial charge is 0.244 e. The third-order valence-electron chi connectivity index (χ3n) is 2.06. The molecule has 0 aliphatic carbocycles. The van der Waals surface area contributed by atoms with Crippen LogP contribution in [0.25, 0.3) is 5.82 Å². The van der Waals surface area contributed by atoms with Crippen LogP contribution in [0.3, 0.4) is 0 Å². The van der Waals surface area contributed by atoms with Crippen molar-refractivity contribution in [2.24, 2.45) is 0 Å². The number of nitrogens with two attached hydrogens (primary N) is 1. The van der Waals surface area contributed by atoms with Gasteiger partial charge in [0.2, 0.25) is 11.9 Å². The van der Waals surface area contributed by atoms with Crippen LogP contribution in [0.1, 0.15) is 0 Å². The molecule has 0 amide bonds. The van der Waals surface area contributed by atoms with Crippen LogP contribution in [0, 0.1) is 0 Å². The average molecular weight is 270 g/mol. The van der Waals surface area contributed by atoms with E-state index in [-0.39, 0.29) is 5.95 Å². The summed E-state index contributed by atoms with van der Waals surface area (Å²) in [6, 6.07) is 3.25. The molecule has 3 N–H and O–H groups in total. The Morgan fingerprint density at radius 3 is 2.94 bits per heavy atom. The molecule has 96 valence electrons. The zero-order valence-corrected chi connectivity index (χ0v) is 10.4. The van der Waals surface area contributed by atoms with Crippen molar-refractivity contribution >= 4 is 23.5 Å². The minimum atomic E-state index is 0.214. The lowest BCUT2D eigenvalue weighted by molar-refractivity contribution is 0.210. The first-order chi connectivity index (χ1) is 8.70. The van der Waals surface area contributed by atoms with Crippen LogP contribution < -0.4 is 11.1 Å². The molecule has 0 fully saturated rings. The van der Waals surface area contributed by atoms with Gasteiger partial charge in [0, 0.05) is 13.7 Å². The van der Waals surface area contributed by atoms with Crippen molar-refractivity contribution in [2.75, 3.05) is 31.3 Å². The number of halogens is 1. The molecular weight excluding hydrogens is 258 g/mol. The van der Waals surface area contributed by atoms with Gasteiger partial charge in [-0.25, -0.2) is 0 Å². The van der Waals surface area contributed by atoms with Crippen LogP contribution in [0.2, 0.25) is 5.15 Å². The van der Waals surface area contributed by atoms with E-state index in [2.05, 4.69) is 25.6 Å². The van der Waals surface area contributed by atoms with Gasteiger partial charge >= 0.3 is 0 Å². The predicted octanol–water partition coefficient (Wildman–Crippen LogP) is 0.351. The third-order valence-corrected chi connectivity index (χ3v) is 2.26. The van der Waals surface area contributed by atoms with Gasteiger partial charge in [-0.05, 0) is 12.1 Å². The molecule has 0 unspecified atom stereocenters. The molecule has 0 aliphatic heterocycles. The Morgan fingerprint density at radius 2 is 2.28 bits per heavy atom. The zero-order chi connectivity index (χ0) is 13.0. The molecular formula is C9H12ClN7O. The monoisotopic (exact) mass is 269 g/mol. The lowest BCUT2D eigenvalue weighted by Crippen LogP contribution is -2.09. The van der Waals surface area contributed by atoms with E-state index < -0.39 is 0 Å². The molecule has 0 bridgehead atoms. The van der Waals surface area contributed by atoms with Crippen molar-refractivity contribution in [3.63, 3.8) is 0 Å². The van der Waals surface area contributed by atoms with Crippen LogP contribution in [0.4, 0.5) is 11.9 Å². The van der Waals surface area contributed by atoms with E-state index in [1.165, 1.54) is 4.68 Å². The van der Waals surface area contributed by atoms with E-state index in [4.69, 9.17) is 22.1 Å². The first kappa shape index (κ1) is 12.5. The van der Waals surface area contributed by atoms with E-state index in [0.29, 0.717) is 30.1 Å². The van der Waals surface area contributed by atoms with E-state index in [9.17, 15) is 0 Å². The van der Waals surface area contributed by atoms with Gasteiger partial charge in [-0.1, -0.05) is 11.6 Å². The minimum absolute atomic E-state index is 0.214. The van der Waals surface area contributed by atoms with Crippen molar-refractivity contribution in [3.05, 3.63) is 17.3 Å². The quantitative estimate of drug-likeness (QED) is 0.755. The Morgan fingerprint density at radius 1 is 1.44 bits per heavy atom. The fourth-order valence-electron chi connectivity index (χ4n) is 1.25. The number of nitrogens with zero attached hydrogens (tertiary/aromatic N) is 5. The maximum atomic E-state index is 5.73. The summed E-state index contributed by atoms with van der Waals surface area (Å²) in [5, 5.41) is 15.0. The Kier molecular flexibility index (Phi) is 3.90. The Hall–Kier alpha value is -1.93. The fourth-order valence-corrected chi connectivity index (χ4v) is 1.36. The number of methoxy groups -OCH3 is 1. The Labute approximate surface area is 108 Å². The van der Waals surface area contributed by atoms with Gasteiger partial charge in [0.05, 0.1) is 6.61 Å². The second kappa shape index (κ2) is 5.61. The number of rotatable bonds is 5. The number of nitrogen functional groups attached to an aromatic ring is 1. The SMILES string of the molecule is COCCNc1nc(N)n(-c2ccc(Cl)nn2)n1. The highest BCUT2D eigenvalue weighted by molar-refractivity contribution is 6.29. The zero-order valence-electron chi connectivity index (χ0n) is 9.67. The summed E-state index contributed by atoms with van der Waals surface area (Å²) in [6.45, 7) is 1.14. The highest BCUT2D eigenvalue weighted by Crippen LogP contribution is 2.12. The normalized spacial score (nSPS) is 10.6. The molecule has 0 saturated heterocycles. The first-order valence-corrected chi connectivity index (χ1v) is 5.53. The number of aromatic nitrogens is 5. The number of nitrogens with one attached hydrogen (secondary N) is 1. The first-order valence-electron chi connectivity index (χ1n) is 5.15. The molecule has 2 rings (SSSR count). The maximum absolute atomic E-state index is 5.73. The van der Waals surface area contributed by atoms with Crippen LogP contribution in [0.15, 0.2) is 12.1 Å². The van der Waals surface area contributed by atoms with Crippen molar-refractivity contribution in [3.8, 4) is 5.82 Å². The van der Waals surface area contributed by atoms with Crippen LogP contribution in [-0.2, 0) is 4.74 Å². The second-order valence-electron chi connectivity index (χ2n) is 3.34. The van der Waals surface area contributed by atoms with Crippen LogP contribution >= 0.6 is 11.6 Å². The molecule has 8 nitrogen and oxygen atoms in total. The Bertz CT molecular complexity index is 512. The van der Waals surface area contributed by atoms with E-state index in [0.717, 1.165) is 0 Å². The Balaban J connectivity index is 2.16. The summed E-state index contributed by atoms with van der Waals surface area (Å²) in [4.78, 5) is 4.04. The summed E-state index contributed by atoms with van der Waals surface area (Å²) in [6.07, 6.45) is 0. The summed E-state index contributed by atoms with van der Waals surface area (Å²) in [5.41, 5.74) is 5.73. The third kappa shape index (κ3) is 2.84. The predicted molar refractivity (Wildman–Crippen MR) is 66.7 cm³/mol. The van der Waals surface area contributed by atoms with Gasteiger partial charge in [0.1, 0.15) is 0 Å². The molecule has 2 heterocycles. The summed E-state index contributed by atoms with van der Waals surface area (Å²) in [7, 11) is 1.62. The molecule has 0 aliphatic rings. The molecule has 0 radical (unpaired) electrons. The minimum Gasteiger partial charge on any atom is -0.383 e. The average Bonchev–Trinajstić information content (AvgIpc) is 2.72. The second-order valence-corrected chi connectivity index (χ2v) is 3.73. The van der Waals surface area contributed by atoms with Gasteiger partial charge in [0.15, 0.2) is 11.0 Å². The maximum Gasteiger partial charge on any atom is 0.244 e. The number of hydrogen-bond donors (Lipinski definition) is 2. The molecule has 0 spiro atoms. The van der Waals surface area contributed by atoms with Crippen molar-refractivity contribution in [2.45, 2.75) is 0 Å². The standard InChI is InChI=1S/C9H12ClN7O/c1-18-5-4-12-9-13-8(11)17(16-9)7-3-2-6(10)14-15-7/h2-3H,4-5H2,1H3,(H3,11,12,13,16). The van der Waals surface area contributed by atoms with E-state index >= 15 is 0 Å². The van der Waals surface area contributed by atoms with Gasteiger partial charge in [-0.2, -0.15) is 9.67 Å².